The van der Waals surface area contributed by atoms with E-state index in [2.05, 4.69) is 27.6 Å². The number of thiophene rings is 1. The van der Waals surface area contributed by atoms with Crippen LogP contribution < -0.4 is 4.72 Å². The summed E-state index contributed by atoms with van der Waals surface area (Å²) in [5.74, 6) is 1.08. The molecular weight excluding hydrogens is 390 g/mol. The minimum atomic E-state index is -3.44. The minimum Gasteiger partial charge on any atom is -0.207 e. The summed E-state index contributed by atoms with van der Waals surface area (Å²) < 4.78 is 28.2. The van der Waals surface area contributed by atoms with Crippen LogP contribution in [0.5, 0.6) is 0 Å². The lowest BCUT2D eigenvalue weighted by Gasteiger charge is -2.12. The molecule has 1 saturated carbocycles. The van der Waals surface area contributed by atoms with E-state index in [1.165, 1.54) is 6.07 Å². The predicted octanol–water partition coefficient (Wildman–Crippen LogP) is 4.12. The molecule has 0 spiro atoms. The van der Waals surface area contributed by atoms with Gasteiger partial charge in [0.1, 0.15) is 4.21 Å². The maximum atomic E-state index is 12.2. The van der Waals surface area contributed by atoms with Gasteiger partial charge in [-0.2, -0.15) is 11.8 Å². The second-order valence-electron chi connectivity index (χ2n) is 4.40. The van der Waals surface area contributed by atoms with E-state index in [-0.39, 0.29) is 10.3 Å². The molecule has 108 valence electrons. The maximum Gasteiger partial charge on any atom is 0.250 e. The molecule has 8 heteroatoms. The Morgan fingerprint density at radius 2 is 2.32 bits per heavy atom. The van der Waals surface area contributed by atoms with Crippen LogP contribution in [0.4, 0.5) is 0 Å². The van der Waals surface area contributed by atoms with Crippen LogP contribution >= 0.6 is 50.6 Å². The highest BCUT2D eigenvalue weighted by molar-refractivity contribution is 9.11. The van der Waals surface area contributed by atoms with Crippen molar-refractivity contribution in [1.29, 1.82) is 0 Å². The van der Waals surface area contributed by atoms with Gasteiger partial charge in [0, 0.05) is 11.3 Å². The number of sulfonamides is 1. The molecular formula is C11H15BrClNO2S3. The molecule has 0 amide bonds. The minimum absolute atomic E-state index is 0.0497. The number of thioether (sulfide) groups is 1. The van der Waals surface area contributed by atoms with Gasteiger partial charge in [-0.3, -0.25) is 0 Å². The molecule has 1 N–H and O–H groups in total. The number of halogens is 2. The molecule has 0 radical (unpaired) electrons. The largest absolute Gasteiger partial charge is 0.250 e. The summed E-state index contributed by atoms with van der Waals surface area (Å²) >= 11 is 12.2. The summed E-state index contributed by atoms with van der Waals surface area (Å²) in [6.45, 7) is 2.13. The molecule has 1 fully saturated rings. The van der Waals surface area contributed by atoms with Crippen molar-refractivity contribution in [2.45, 2.75) is 41.7 Å². The number of nitrogens with one attached hydrogen (secondary N) is 1. The summed E-state index contributed by atoms with van der Waals surface area (Å²) in [6, 6.07) is 1.54. The van der Waals surface area contributed by atoms with E-state index in [0.717, 1.165) is 36.4 Å². The van der Waals surface area contributed by atoms with E-state index in [1.54, 1.807) is 0 Å². The summed E-state index contributed by atoms with van der Waals surface area (Å²) in [4.78, 5) is 0. The van der Waals surface area contributed by atoms with Crippen molar-refractivity contribution in [2.75, 3.05) is 5.75 Å². The van der Waals surface area contributed by atoms with Gasteiger partial charge in [-0.1, -0.05) is 18.5 Å². The first kappa shape index (κ1) is 16.1. The van der Waals surface area contributed by atoms with Crippen LogP contribution in [0.25, 0.3) is 0 Å². The van der Waals surface area contributed by atoms with Crippen molar-refractivity contribution in [3.05, 3.63) is 14.9 Å². The zero-order valence-electron chi connectivity index (χ0n) is 10.4. The molecule has 1 aromatic heterocycles. The molecule has 1 aliphatic carbocycles. The molecule has 2 atom stereocenters. The fraction of sp³-hybridized carbons (Fsp3) is 0.636. The van der Waals surface area contributed by atoms with Gasteiger partial charge in [-0.25, -0.2) is 13.1 Å². The average molecular weight is 405 g/mol. The first-order valence-corrected chi connectivity index (χ1v) is 10.5. The number of hydrogen-bond acceptors (Lipinski definition) is 4. The third-order valence-corrected chi connectivity index (χ3v) is 8.70. The first-order valence-electron chi connectivity index (χ1n) is 6.01. The molecule has 1 aromatic rings. The molecule has 0 bridgehead atoms. The lowest BCUT2D eigenvalue weighted by molar-refractivity contribution is 0.554. The van der Waals surface area contributed by atoms with Crippen molar-refractivity contribution >= 4 is 60.7 Å². The summed E-state index contributed by atoms with van der Waals surface area (Å²) in [6.07, 6.45) is 2.91. The second-order valence-corrected chi connectivity index (χ2v) is 10.7. The van der Waals surface area contributed by atoms with E-state index >= 15 is 0 Å². The van der Waals surface area contributed by atoms with Crippen molar-refractivity contribution in [2.24, 2.45) is 0 Å². The molecule has 2 unspecified atom stereocenters. The van der Waals surface area contributed by atoms with E-state index in [9.17, 15) is 8.42 Å². The third-order valence-electron chi connectivity index (χ3n) is 3.00. The van der Waals surface area contributed by atoms with Crippen LogP contribution in [0, 0.1) is 0 Å². The summed E-state index contributed by atoms with van der Waals surface area (Å²) in [5, 5.41) is 1.02. The van der Waals surface area contributed by atoms with Crippen LogP contribution in [-0.2, 0) is 10.0 Å². The normalized spacial score (nSPS) is 23.9. The Morgan fingerprint density at radius 3 is 2.89 bits per heavy atom. The molecule has 1 heterocycles. The Balaban J connectivity index is 2.02. The van der Waals surface area contributed by atoms with Crippen molar-refractivity contribution in [3.63, 3.8) is 0 Å². The van der Waals surface area contributed by atoms with Crippen molar-refractivity contribution in [3.8, 4) is 0 Å². The van der Waals surface area contributed by atoms with Gasteiger partial charge in [0.05, 0.1) is 8.81 Å². The van der Waals surface area contributed by atoms with Gasteiger partial charge in [0.25, 0.3) is 0 Å². The van der Waals surface area contributed by atoms with E-state index in [1.807, 2.05) is 11.8 Å². The van der Waals surface area contributed by atoms with Crippen LogP contribution in [0.15, 0.2) is 14.1 Å². The molecule has 1 aliphatic rings. The molecule has 19 heavy (non-hydrogen) atoms. The number of hydrogen-bond donors (Lipinski definition) is 1. The van der Waals surface area contributed by atoms with Gasteiger partial charge in [-0.05, 0) is 47.0 Å². The number of rotatable bonds is 5. The van der Waals surface area contributed by atoms with Gasteiger partial charge >= 0.3 is 0 Å². The van der Waals surface area contributed by atoms with Crippen LogP contribution in [0.3, 0.4) is 0 Å². The zero-order valence-corrected chi connectivity index (χ0v) is 15.1. The monoisotopic (exact) mass is 403 g/mol. The molecule has 3 nitrogen and oxygen atoms in total. The SMILES string of the molecule is CCSC1CCC(NS(=O)(=O)c2cc(Cl)c(Br)s2)C1. The van der Waals surface area contributed by atoms with Gasteiger partial charge in [-0.15, -0.1) is 11.3 Å². The highest BCUT2D eigenvalue weighted by atomic mass is 79.9. The Labute approximate surface area is 135 Å². The fourth-order valence-corrected chi connectivity index (χ4v) is 7.01. The standard InChI is InChI=1S/C11H15BrClNO2S3/c1-2-17-8-4-3-7(5-8)14-19(15,16)10-6-9(13)11(12)18-10/h6-8,14H,2-5H2,1H3. The maximum absolute atomic E-state index is 12.2. The lowest BCUT2D eigenvalue weighted by atomic mass is 10.3. The zero-order chi connectivity index (χ0) is 14.0. The van der Waals surface area contributed by atoms with E-state index < -0.39 is 10.0 Å². The smallest absolute Gasteiger partial charge is 0.207 e. The van der Waals surface area contributed by atoms with Crippen LogP contribution in [-0.4, -0.2) is 25.5 Å². The van der Waals surface area contributed by atoms with E-state index in [4.69, 9.17) is 11.6 Å². The van der Waals surface area contributed by atoms with Gasteiger partial charge in [0.15, 0.2) is 0 Å². The highest BCUT2D eigenvalue weighted by Gasteiger charge is 2.29. The lowest BCUT2D eigenvalue weighted by Crippen LogP contribution is -2.32. The Kier molecular flexibility index (Phi) is 5.65. The second kappa shape index (κ2) is 6.66. The van der Waals surface area contributed by atoms with Crippen molar-refractivity contribution in [1.82, 2.24) is 4.72 Å². The molecule has 2 rings (SSSR count). The summed E-state index contributed by atoms with van der Waals surface area (Å²) in [7, 11) is -3.44. The topological polar surface area (TPSA) is 46.2 Å². The quantitative estimate of drug-likeness (QED) is 0.803. The van der Waals surface area contributed by atoms with E-state index in [0.29, 0.717) is 14.1 Å². The molecule has 0 saturated heterocycles. The third kappa shape index (κ3) is 4.11. The van der Waals surface area contributed by atoms with Crippen LogP contribution in [0.1, 0.15) is 26.2 Å². The Hall–Kier alpha value is 0.730. The van der Waals surface area contributed by atoms with Gasteiger partial charge in [0.2, 0.25) is 10.0 Å². The Bertz CT molecular complexity index is 527. The van der Waals surface area contributed by atoms with Gasteiger partial charge < -0.3 is 0 Å². The molecule has 0 aromatic carbocycles. The highest BCUT2D eigenvalue weighted by Crippen LogP contribution is 2.36. The molecule has 0 aliphatic heterocycles. The average Bonchev–Trinajstić information content (AvgIpc) is 2.88. The van der Waals surface area contributed by atoms with Crippen molar-refractivity contribution < 1.29 is 8.42 Å². The van der Waals surface area contributed by atoms with Crippen LogP contribution in [0.2, 0.25) is 5.02 Å². The Morgan fingerprint density at radius 1 is 1.58 bits per heavy atom. The summed E-state index contributed by atoms with van der Waals surface area (Å²) in [5.41, 5.74) is 0. The first-order chi connectivity index (χ1) is 8.92. The fourth-order valence-electron chi connectivity index (χ4n) is 2.17. The predicted molar refractivity (Wildman–Crippen MR) is 86.9 cm³/mol.